The van der Waals surface area contributed by atoms with E-state index in [-0.39, 0.29) is 0 Å². The molecule has 5 heteroatoms. The first kappa shape index (κ1) is 14.3. The molecule has 0 atom stereocenters. The van der Waals surface area contributed by atoms with Crippen molar-refractivity contribution < 1.29 is 4.74 Å². The van der Waals surface area contributed by atoms with Crippen LogP contribution in [-0.2, 0) is 0 Å². The van der Waals surface area contributed by atoms with E-state index in [1.54, 1.807) is 13.3 Å². The fourth-order valence-corrected chi connectivity index (χ4v) is 2.31. The van der Waals surface area contributed by atoms with Crippen LogP contribution in [0.3, 0.4) is 0 Å². The normalized spacial score (nSPS) is 10.2. The second kappa shape index (κ2) is 5.88. The summed E-state index contributed by atoms with van der Waals surface area (Å²) in [6, 6.07) is 7.72. The monoisotopic (exact) mass is 287 g/mol. The highest BCUT2D eigenvalue weighted by Crippen LogP contribution is 2.25. The first-order valence-electron chi connectivity index (χ1n) is 6.20. The molecule has 0 aliphatic carbocycles. The van der Waals surface area contributed by atoms with E-state index >= 15 is 0 Å². The maximum atomic E-state index is 5.78. The van der Waals surface area contributed by atoms with Crippen molar-refractivity contribution in [3.63, 3.8) is 0 Å². The number of nitrogens with two attached hydrogens (primary N) is 1. The molecular weight excluding hydrogens is 270 g/mol. The van der Waals surface area contributed by atoms with Crippen molar-refractivity contribution in [1.82, 2.24) is 4.98 Å². The number of aryl methyl sites for hydroxylation is 2. The molecule has 0 fully saturated rings. The van der Waals surface area contributed by atoms with Crippen molar-refractivity contribution in [2.45, 2.75) is 13.8 Å². The molecule has 2 rings (SSSR count). The van der Waals surface area contributed by atoms with Crippen LogP contribution in [0.2, 0.25) is 0 Å². The van der Waals surface area contributed by atoms with E-state index in [2.05, 4.69) is 10.3 Å². The molecule has 1 aromatic carbocycles. The first-order valence-corrected chi connectivity index (χ1v) is 6.61. The van der Waals surface area contributed by atoms with Gasteiger partial charge in [-0.15, -0.1) is 0 Å². The van der Waals surface area contributed by atoms with Gasteiger partial charge in [0.1, 0.15) is 16.6 Å². The van der Waals surface area contributed by atoms with Gasteiger partial charge < -0.3 is 15.8 Å². The van der Waals surface area contributed by atoms with E-state index in [1.807, 2.05) is 38.1 Å². The van der Waals surface area contributed by atoms with Crippen LogP contribution in [0.15, 0.2) is 30.5 Å². The number of hydrogen-bond donors (Lipinski definition) is 2. The average molecular weight is 287 g/mol. The number of methoxy groups -OCH3 is 1. The lowest BCUT2D eigenvalue weighted by molar-refractivity contribution is 0.412. The van der Waals surface area contributed by atoms with Gasteiger partial charge in [-0.3, -0.25) is 0 Å². The van der Waals surface area contributed by atoms with Crippen LogP contribution in [-0.4, -0.2) is 17.1 Å². The Kier molecular flexibility index (Phi) is 4.20. The fraction of sp³-hybridized carbons (Fsp3) is 0.200. The number of thiocarbonyl (C=S) groups is 1. The third-order valence-electron chi connectivity index (χ3n) is 3.06. The number of hydrogen-bond acceptors (Lipinski definition) is 4. The maximum absolute atomic E-state index is 5.78. The number of nitrogens with zero attached hydrogens (tertiary/aromatic N) is 1. The number of rotatable bonds is 4. The summed E-state index contributed by atoms with van der Waals surface area (Å²) in [5.41, 5.74) is 9.51. The van der Waals surface area contributed by atoms with Crippen molar-refractivity contribution in [2.75, 3.05) is 12.4 Å². The average Bonchev–Trinajstić information content (AvgIpc) is 2.38. The fourth-order valence-electron chi connectivity index (χ4n) is 2.06. The van der Waals surface area contributed by atoms with E-state index in [0.717, 1.165) is 28.1 Å². The summed E-state index contributed by atoms with van der Waals surface area (Å²) in [6.45, 7) is 3.95. The van der Waals surface area contributed by atoms with Gasteiger partial charge in [0.25, 0.3) is 0 Å². The Morgan fingerprint density at radius 3 is 2.60 bits per heavy atom. The van der Waals surface area contributed by atoms with Crippen LogP contribution < -0.4 is 15.8 Å². The lowest BCUT2D eigenvalue weighted by Gasteiger charge is -2.13. The summed E-state index contributed by atoms with van der Waals surface area (Å²) < 4.78 is 5.25. The Hall–Kier alpha value is -2.14. The van der Waals surface area contributed by atoms with Gasteiger partial charge in [0.15, 0.2) is 0 Å². The van der Waals surface area contributed by atoms with E-state index in [1.165, 1.54) is 0 Å². The molecule has 0 unspecified atom stereocenters. The summed E-state index contributed by atoms with van der Waals surface area (Å²) in [5, 5.41) is 3.25. The van der Waals surface area contributed by atoms with Crippen molar-refractivity contribution in [3.05, 3.63) is 47.2 Å². The summed E-state index contributed by atoms with van der Waals surface area (Å²) in [7, 11) is 1.66. The first-order chi connectivity index (χ1) is 9.52. The van der Waals surface area contributed by atoms with Crippen molar-refractivity contribution in [2.24, 2.45) is 5.73 Å². The molecule has 1 aromatic heterocycles. The summed E-state index contributed by atoms with van der Waals surface area (Å²) >= 11 is 5.10. The van der Waals surface area contributed by atoms with E-state index in [0.29, 0.717) is 10.8 Å². The highest BCUT2D eigenvalue weighted by Gasteiger charge is 2.10. The van der Waals surface area contributed by atoms with Crippen LogP contribution in [0, 0.1) is 13.8 Å². The molecule has 0 amide bonds. The summed E-state index contributed by atoms with van der Waals surface area (Å²) in [4.78, 5) is 4.65. The number of ether oxygens (including phenoxy) is 1. The quantitative estimate of drug-likeness (QED) is 0.846. The zero-order chi connectivity index (χ0) is 14.7. The maximum Gasteiger partial charge on any atom is 0.140 e. The van der Waals surface area contributed by atoms with Gasteiger partial charge in [-0.05, 0) is 49.2 Å². The van der Waals surface area contributed by atoms with Crippen molar-refractivity contribution in [3.8, 4) is 5.75 Å². The number of aromatic nitrogens is 1. The Balaban J connectivity index is 2.38. The Bertz CT molecular complexity index is 656. The third kappa shape index (κ3) is 2.88. The topological polar surface area (TPSA) is 60.2 Å². The lowest BCUT2D eigenvalue weighted by Crippen LogP contribution is -2.14. The third-order valence-corrected chi connectivity index (χ3v) is 3.27. The number of anilines is 2. The minimum atomic E-state index is 0.336. The van der Waals surface area contributed by atoms with E-state index in [9.17, 15) is 0 Å². The SMILES string of the molecule is COc1ccc(Nc2nccc(C)c2C(N)=S)cc1C. The highest BCUT2D eigenvalue weighted by atomic mass is 32.1. The minimum absolute atomic E-state index is 0.336. The molecule has 0 bridgehead atoms. The van der Waals surface area contributed by atoms with Crippen LogP contribution in [0.5, 0.6) is 5.75 Å². The Morgan fingerprint density at radius 1 is 1.25 bits per heavy atom. The molecule has 1 heterocycles. The molecule has 4 nitrogen and oxygen atoms in total. The van der Waals surface area contributed by atoms with Crippen molar-refractivity contribution >= 4 is 28.7 Å². The van der Waals surface area contributed by atoms with E-state index < -0.39 is 0 Å². The van der Waals surface area contributed by atoms with Gasteiger partial charge in [0, 0.05) is 11.9 Å². The van der Waals surface area contributed by atoms with E-state index in [4.69, 9.17) is 22.7 Å². The van der Waals surface area contributed by atoms with Gasteiger partial charge >= 0.3 is 0 Å². The van der Waals surface area contributed by atoms with Gasteiger partial charge in [-0.25, -0.2) is 4.98 Å². The highest BCUT2D eigenvalue weighted by molar-refractivity contribution is 7.80. The zero-order valence-corrected chi connectivity index (χ0v) is 12.5. The number of nitrogens with one attached hydrogen (secondary N) is 1. The molecule has 20 heavy (non-hydrogen) atoms. The van der Waals surface area contributed by atoms with Gasteiger partial charge in [-0.2, -0.15) is 0 Å². The molecule has 0 aliphatic heterocycles. The number of benzene rings is 1. The molecule has 3 N–H and O–H groups in total. The largest absolute Gasteiger partial charge is 0.496 e. The van der Waals surface area contributed by atoms with Crippen LogP contribution >= 0.6 is 12.2 Å². The molecule has 0 saturated heterocycles. The van der Waals surface area contributed by atoms with Crippen molar-refractivity contribution in [1.29, 1.82) is 0 Å². The molecule has 0 radical (unpaired) electrons. The summed E-state index contributed by atoms with van der Waals surface area (Å²) in [5.74, 6) is 1.52. The molecule has 0 saturated carbocycles. The minimum Gasteiger partial charge on any atom is -0.496 e. The lowest BCUT2D eigenvalue weighted by atomic mass is 10.1. The smallest absolute Gasteiger partial charge is 0.140 e. The van der Waals surface area contributed by atoms with Crippen LogP contribution in [0.4, 0.5) is 11.5 Å². The Morgan fingerprint density at radius 2 is 2.00 bits per heavy atom. The molecule has 104 valence electrons. The second-order valence-electron chi connectivity index (χ2n) is 4.53. The molecule has 2 aromatic rings. The molecule has 0 spiro atoms. The zero-order valence-electron chi connectivity index (χ0n) is 11.7. The second-order valence-corrected chi connectivity index (χ2v) is 4.96. The molecular formula is C15H17N3OS. The van der Waals surface area contributed by atoms with Gasteiger partial charge in [-0.1, -0.05) is 12.2 Å². The summed E-state index contributed by atoms with van der Waals surface area (Å²) in [6.07, 6.45) is 1.73. The van der Waals surface area contributed by atoms with Gasteiger partial charge in [0.2, 0.25) is 0 Å². The standard InChI is InChI=1S/C15H17N3OS/c1-9-6-7-17-15(13(9)14(16)20)18-11-4-5-12(19-3)10(2)8-11/h4-8H,1-3H3,(H2,16,20)(H,17,18). The van der Waals surface area contributed by atoms with Crippen LogP contribution in [0.1, 0.15) is 16.7 Å². The number of pyridine rings is 1. The Labute approximate surface area is 124 Å². The molecule has 0 aliphatic rings. The van der Waals surface area contributed by atoms with Gasteiger partial charge in [0.05, 0.1) is 12.7 Å². The predicted molar refractivity (Wildman–Crippen MR) is 85.9 cm³/mol. The predicted octanol–water partition coefficient (Wildman–Crippen LogP) is 3.08. The van der Waals surface area contributed by atoms with Crippen LogP contribution in [0.25, 0.3) is 0 Å².